The maximum atomic E-state index is 11.6. The quantitative estimate of drug-likeness (QED) is 0.594. The molecule has 0 fully saturated rings. The third kappa shape index (κ3) is 10.5. The van der Waals surface area contributed by atoms with Gasteiger partial charge >= 0.3 is 11.9 Å². The molecule has 0 aromatic rings. The molecule has 1 N–H and O–H groups in total. The van der Waals surface area contributed by atoms with Crippen LogP contribution in [0.1, 0.15) is 41.5 Å². The number of aliphatic hydroxyl groups is 1. The van der Waals surface area contributed by atoms with Gasteiger partial charge in [-0.2, -0.15) is 0 Å². The van der Waals surface area contributed by atoms with Crippen LogP contribution in [-0.2, 0) is 19.1 Å². The van der Waals surface area contributed by atoms with E-state index in [1.54, 1.807) is 41.5 Å². The molecule has 0 heterocycles. The van der Waals surface area contributed by atoms with Crippen LogP contribution in [0.2, 0.25) is 0 Å². The first kappa shape index (κ1) is 17.9. The van der Waals surface area contributed by atoms with Crippen molar-refractivity contribution in [1.29, 1.82) is 0 Å². The first-order chi connectivity index (χ1) is 8.43. The zero-order chi connectivity index (χ0) is 15.3. The van der Waals surface area contributed by atoms with Crippen molar-refractivity contribution in [2.24, 2.45) is 0 Å². The normalized spacial score (nSPS) is 12.4. The van der Waals surface area contributed by atoms with E-state index in [4.69, 9.17) is 14.6 Å². The largest absolute Gasteiger partial charge is 0.459 e. The molecule has 0 spiro atoms. The summed E-state index contributed by atoms with van der Waals surface area (Å²) in [5, 5.41) is 9.13. The van der Waals surface area contributed by atoms with Crippen molar-refractivity contribution in [3.63, 3.8) is 0 Å². The molecule has 0 radical (unpaired) electrons. The fraction of sp³-hybridized carbons (Fsp3) is 0.846. The molecular formula is C13H25NO5. The predicted octanol–water partition coefficient (Wildman–Crippen LogP) is 0.922. The Morgan fingerprint density at radius 2 is 1.21 bits per heavy atom. The van der Waals surface area contributed by atoms with Gasteiger partial charge in [-0.3, -0.25) is 14.5 Å². The lowest BCUT2D eigenvalue weighted by Gasteiger charge is -2.25. The van der Waals surface area contributed by atoms with Crippen molar-refractivity contribution in [2.45, 2.75) is 52.7 Å². The molecule has 6 nitrogen and oxygen atoms in total. The van der Waals surface area contributed by atoms with E-state index in [-0.39, 0.29) is 13.1 Å². The fourth-order valence-electron chi connectivity index (χ4n) is 1.27. The Morgan fingerprint density at radius 1 is 0.895 bits per heavy atom. The highest BCUT2D eigenvalue weighted by Gasteiger charge is 2.22. The van der Waals surface area contributed by atoms with E-state index in [9.17, 15) is 9.59 Å². The minimum Gasteiger partial charge on any atom is -0.459 e. The van der Waals surface area contributed by atoms with Crippen LogP contribution >= 0.6 is 0 Å². The van der Waals surface area contributed by atoms with Gasteiger partial charge in [-0.25, -0.2) is 0 Å². The number of aliphatic hydroxyl groups excluding tert-OH is 1. The Bertz CT molecular complexity index is 284. The van der Waals surface area contributed by atoms with Crippen LogP contribution in [0.4, 0.5) is 0 Å². The average molecular weight is 275 g/mol. The molecule has 0 amide bonds. The van der Waals surface area contributed by atoms with Crippen LogP contribution in [0.15, 0.2) is 0 Å². The van der Waals surface area contributed by atoms with Gasteiger partial charge < -0.3 is 14.6 Å². The standard InChI is InChI=1S/C13H25NO5/c1-12(2,3)18-10(16)7-14(9-15)8-11(17)19-13(4,5)6/h15H,7-9H2,1-6H3. The molecule has 0 saturated heterocycles. The summed E-state index contributed by atoms with van der Waals surface area (Å²) >= 11 is 0. The third-order valence-electron chi connectivity index (χ3n) is 1.75. The van der Waals surface area contributed by atoms with Gasteiger partial charge in [-0.15, -0.1) is 0 Å². The summed E-state index contributed by atoms with van der Waals surface area (Å²) in [4.78, 5) is 24.4. The van der Waals surface area contributed by atoms with E-state index < -0.39 is 29.9 Å². The van der Waals surface area contributed by atoms with Crippen molar-refractivity contribution in [3.05, 3.63) is 0 Å². The summed E-state index contributed by atoms with van der Waals surface area (Å²) in [5.74, 6) is -0.991. The molecule has 0 bridgehead atoms. The molecule has 0 aromatic carbocycles. The molecule has 0 rings (SSSR count). The van der Waals surface area contributed by atoms with E-state index in [0.717, 1.165) is 0 Å². The minimum absolute atomic E-state index is 0.160. The van der Waals surface area contributed by atoms with Gasteiger partial charge in [0, 0.05) is 0 Å². The van der Waals surface area contributed by atoms with E-state index >= 15 is 0 Å². The Hall–Kier alpha value is -1.14. The Balaban J connectivity index is 4.29. The molecular weight excluding hydrogens is 250 g/mol. The van der Waals surface area contributed by atoms with Crippen LogP contribution < -0.4 is 0 Å². The Morgan fingerprint density at radius 3 is 1.42 bits per heavy atom. The predicted molar refractivity (Wildman–Crippen MR) is 70.3 cm³/mol. The lowest BCUT2D eigenvalue weighted by molar-refractivity contribution is -0.161. The zero-order valence-corrected chi connectivity index (χ0v) is 12.6. The van der Waals surface area contributed by atoms with Gasteiger partial charge in [0.2, 0.25) is 0 Å². The summed E-state index contributed by atoms with van der Waals surface area (Å²) in [6, 6.07) is 0. The van der Waals surface area contributed by atoms with Gasteiger partial charge in [-0.05, 0) is 41.5 Å². The molecule has 0 aliphatic carbocycles. The highest BCUT2D eigenvalue weighted by molar-refractivity contribution is 5.75. The zero-order valence-electron chi connectivity index (χ0n) is 12.6. The second kappa shape index (κ2) is 6.86. The number of rotatable bonds is 5. The van der Waals surface area contributed by atoms with E-state index in [1.807, 2.05) is 0 Å². The fourth-order valence-corrected chi connectivity index (χ4v) is 1.27. The van der Waals surface area contributed by atoms with Crippen molar-refractivity contribution < 1.29 is 24.2 Å². The third-order valence-corrected chi connectivity index (χ3v) is 1.75. The number of carbonyl (C=O) groups is 2. The summed E-state index contributed by atoms with van der Waals surface area (Å²) in [6.45, 7) is 9.77. The van der Waals surface area contributed by atoms with Gasteiger partial charge in [0.1, 0.15) is 11.2 Å². The van der Waals surface area contributed by atoms with Gasteiger partial charge in [0.15, 0.2) is 0 Å². The van der Waals surface area contributed by atoms with Crippen molar-refractivity contribution in [3.8, 4) is 0 Å². The first-order valence-electron chi connectivity index (χ1n) is 6.20. The number of nitrogens with zero attached hydrogens (tertiary/aromatic N) is 1. The second-order valence-electron chi connectivity index (χ2n) is 6.30. The van der Waals surface area contributed by atoms with E-state index in [2.05, 4.69) is 0 Å². The topological polar surface area (TPSA) is 76.1 Å². The molecule has 112 valence electrons. The maximum Gasteiger partial charge on any atom is 0.320 e. The highest BCUT2D eigenvalue weighted by Crippen LogP contribution is 2.09. The van der Waals surface area contributed by atoms with Gasteiger partial charge in [0.05, 0.1) is 19.8 Å². The van der Waals surface area contributed by atoms with E-state index in [0.29, 0.717) is 0 Å². The molecule has 0 aromatic heterocycles. The first-order valence-corrected chi connectivity index (χ1v) is 6.20. The highest BCUT2D eigenvalue weighted by atomic mass is 16.6. The number of hydrogen-bond acceptors (Lipinski definition) is 6. The Labute approximate surface area is 114 Å². The average Bonchev–Trinajstić information content (AvgIpc) is 2.10. The number of hydrogen-bond donors (Lipinski definition) is 1. The molecule has 0 atom stereocenters. The summed E-state index contributed by atoms with van der Waals surface area (Å²) in [5.41, 5.74) is -1.19. The van der Waals surface area contributed by atoms with Crippen LogP contribution in [-0.4, -0.2) is 53.0 Å². The summed E-state index contributed by atoms with van der Waals surface area (Å²) < 4.78 is 10.2. The molecule has 0 unspecified atom stereocenters. The molecule has 19 heavy (non-hydrogen) atoms. The monoisotopic (exact) mass is 275 g/mol. The lowest BCUT2D eigenvalue weighted by Crippen LogP contribution is -2.40. The summed E-state index contributed by atoms with van der Waals surface area (Å²) in [6.07, 6.45) is 0. The Kier molecular flexibility index (Phi) is 6.45. The maximum absolute atomic E-state index is 11.6. The second-order valence-corrected chi connectivity index (χ2v) is 6.30. The molecule has 0 saturated carbocycles. The smallest absolute Gasteiger partial charge is 0.320 e. The number of esters is 2. The van der Waals surface area contributed by atoms with Crippen LogP contribution in [0.25, 0.3) is 0 Å². The van der Waals surface area contributed by atoms with Crippen LogP contribution in [0, 0.1) is 0 Å². The van der Waals surface area contributed by atoms with Gasteiger partial charge in [-0.1, -0.05) is 0 Å². The number of ether oxygens (including phenoxy) is 2. The minimum atomic E-state index is -0.593. The van der Waals surface area contributed by atoms with Crippen molar-refractivity contribution >= 4 is 11.9 Å². The van der Waals surface area contributed by atoms with Crippen molar-refractivity contribution in [1.82, 2.24) is 4.90 Å². The summed E-state index contributed by atoms with van der Waals surface area (Å²) in [7, 11) is 0. The molecule has 0 aliphatic heterocycles. The molecule has 6 heteroatoms. The molecule has 0 aliphatic rings. The van der Waals surface area contributed by atoms with Crippen molar-refractivity contribution in [2.75, 3.05) is 19.8 Å². The SMILES string of the molecule is CC(C)(C)OC(=O)CN(CO)CC(=O)OC(C)(C)C. The van der Waals surface area contributed by atoms with Crippen LogP contribution in [0.5, 0.6) is 0 Å². The number of carbonyl (C=O) groups excluding carboxylic acids is 2. The van der Waals surface area contributed by atoms with Crippen LogP contribution in [0.3, 0.4) is 0 Å². The lowest BCUT2D eigenvalue weighted by atomic mass is 10.2. The van der Waals surface area contributed by atoms with E-state index in [1.165, 1.54) is 4.90 Å². The van der Waals surface area contributed by atoms with Gasteiger partial charge in [0.25, 0.3) is 0 Å².